The lowest BCUT2D eigenvalue weighted by Gasteiger charge is -2.19. The van der Waals surface area contributed by atoms with Crippen LogP contribution in [0.4, 0.5) is 0 Å². The molecule has 188 valence electrons. The van der Waals surface area contributed by atoms with E-state index in [1.807, 2.05) is 0 Å². The third-order valence-corrected chi connectivity index (χ3v) is 9.27. The summed E-state index contributed by atoms with van der Waals surface area (Å²) in [7, 11) is 0.424. The van der Waals surface area contributed by atoms with Crippen LogP contribution >= 0.6 is 0 Å². The second kappa shape index (κ2) is 16.6. The molecule has 0 aromatic heterocycles. The standard InChI is InChI=1S/C31H46N2Si2/c1-34-20-6-18-32-24-28-14-10-26(11-15-28)22-31(30-8-4-3-5-9-30)23-27-12-16-29(17-13-27)25-33-19-7-21-35-2/h3-5,8-17,31-33H,6-7,18-25,34-35H2,1-2H3. The Morgan fingerprint density at radius 3 is 1.43 bits per heavy atom. The van der Waals surface area contributed by atoms with Crippen molar-refractivity contribution in [3.05, 3.63) is 107 Å². The largest absolute Gasteiger partial charge is 0.313 e. The molecule has 0 aliphatic carbocycles. The van der Waals surface area contributed by atoms with E-state index in [9.17, 15) is 0 Å². The second-order valence-electron chi connectivity index (χ2n) is 9.92. The predicted molar refractivity (Wildman–Crippen MR) is 161 cm³/mol. The van der Waals surface area contributed by atoms with E-state index >= 15 is 0 Å². The van der Waals surface area contributed by atoms with Gasteiger partial charge in [0.15, 0.2) is 0 Å². The quantitative estimate of drug-likeness (QED) is 0.188. The van der Waals surface area contributed by atoms with Crippen LogP contribution in [0.25, 0.3) is 0 Å². The number of nitrogens with one attached hydrogen (secondary N) is 2. The van der Waals surface area contributed by atoms with Crippen molar-refractivity contribution >= 4 is 19.0 Å². The fraction of sp³-hybridized carbons (Fsp3) is 0.419. The van der Waals surface area contributed by atoms with Gasteiger partial charge in [-0.05, 0) is 72.5 Å². The molecule has 2 nitrogen and oxygen atoms in total. The van der Waals surface area contributed by atoms with Crippen molar-refractivity contribution in [2.75, 3.05) is 13.1 Å². The van der Waals surface area contributed by atoms with Crippen molar-refractivity contribution in [3.8, 4) is 0 Å². The number of hydrogen-bond donors (Lipinski definition) is 2. The molecule has 3 rings (SSSR count). The average Bonchev–Trinajstić information content (AvgIpc) is 2.90. The molecule has 4 heteroatoms. The van der Waals surface area contributed by atoms with E-state index in [4.69, 9.17) is 0 Å². The first-order chi connectivity index (χ1) is 17.3. The Morgan fingerprint density at radius 1 is 0.571 bits per heavy atom. The van der Waals surface area contributed by atoms with Crippen LogP contribution in [0.15, 0.2) is 78.9 Å². The Hall–Kier alpha value is -1.99. The van der Waals surface area contributed by atoms with Crippen molar-refractivity contribution in [1.29, 1.82) is 0 Å². The topological polar surface area (TPSA) is 24.1 Å². The van der Waals surface area contributed by atoms with Gasteiger partial charge in [0.25, 0.3) is 0 Å². The first kappa shape index (κ1) is 27.6. The smallest absolute Gasteiger partial charge is 0.0205 e. The minimum atomic E-state index is 0.212. The minimum Gasteiger partial charge on any atom is -0.313 e. The van der Waals surface area contributed by atoms with Crippen LogP contribution < -0.4 is 10.6 Å². The highest BCUT2D eigenvalue weighted by Gasteiger charge is 2.14. The number of benzene rings is 3. The van der Waals surface area contributed by atoms with Gasteiger partial charge in [-0.1, -0.05) is 104 Å². The van der Waals surface area contributed by atoms with Crippen molar-refractivity contribution < 1.29 is 0 Å². The lowest BCUT2D eigenvalue weighted by Crippen LogP contribution is -2.15. The van der Waals surface area contributed by atoms with Crippen LogP contribution in [0.2, 0.25) is 25.2 Å². The molecular weight excluding hydrogens is 457 g/mol. The molecule has 0 aliphatic heterocycles. The summed E-state index contributed by atoms with van der Waals surface area (Å²) in [5, 5.41) is 7.20. The van der Waals surface area contributed by atoms with E-state index in [0.29, 0.717) is 5.92 Å². The van der Waals surface area contributed by atoms with Gasteiger partial charge in [0.1, 0.15) is 0 Å². The van der Waals surface area contributed by atoms with Crippen LogP contribution in [0.5, 0.6) is 0 Å². The summed E-state index contributed by atoms with van der Waals surface area (Å²) in [5.74, 6) is 0.487. The highest BCUT2D eigenvalue weighted by Crippen LogP contribution is 2.26. The highest BCUT2D eigenvalue weighted by atomic mass is 28.2. The fourth-order valence-electron chi connectivity index (χ4n) is 4.65. The maximum atomic E-state index is 3.60. The zero-order valence-corrected chi connectivity index (χ0v) is 24.9. The summed E-state index contributed by atoms with van der Waals surface area (Å²) in [6.45, 7) is 9.04. The molecular formula is C31H46N2Si2. The Labute approximate surface area is 219 Å². The van der Waals surface area contributed by atoms with Crippen molar-refractivity contribution in [3.63, 3.8) is 0 Å². The molecule has 0 unspecified atom stereocenters. The molecule has 0 fully saturated rings. The van der Waals surface area contributed by atoms with E-state index in [-0.39, 0.29) is 19.0 Å². The van der Waals surface area contributed by atoms with E-state index in [2.05, 4.69) is 103 Å². The van der Waals surface area contributed by atoms with Crippen molar-refractivity contribution in [2.24, 2.45) is 0 Å². The van der Waals surface area contributed by atoms with Crippen LogP contribution in [-0.4, -0.2) is 32.1 Å². The third-order valence-electron chi connectivity index (χ3n) is 6.85. The molecule has 0 heterocycles. The van der Waals surface area contributed by atoms with E-state index in [0.717, 1.165) is 39.0 Å². The van der Waals surface area contributed by atoms with Gasteiger partial charge in [-0.15, -0.1) is 0 Å². The van der Waals surface area contributed by atoms with Crippen LogP contribution in [0.3, 0.4) is 0 Å². The molecule has 0 amide bonds. The zero-order chi connectivity index (χ0) is 24.6. The van der Waals surface area contributed by atoms with Gasteiger partial charge in [-0.3, -0.25) is 0 Å². The average molecular weight is 503 g/mol. The minimum absolute atomic E-state index is 0.212. The fourth-order valence-corrected chi connectivity index (χ4v) is 6.15. The summed E-state index contributed by atoms with van der Waals surface area (Å²) in [6.07, 6.45) is 4.81. The maximum absolute atomic E-state index is 3.60. The first-order valence-corrected chi connectivity index (χ1v) is 18.7. The van der Waals surface area contributed by atoms with Gasteiger partial charge in [-0.25, -0.2) is 0 Å². The third kappa shape index (κ3) is 10.7. The molecule has 3 aromatic carbocycles. The SMILES string of the molecule is C[SiH2]CCCNCc1ccc(CC(Cc2ccc(CNCCC[SiH2]C)cc2)c2ccccc2)cc1. The lowest BCUT2D eigenvalue weighted by molar-refractivity contribution is 0.668. The van der Waals surface area contributed by atoms with Gasteiger partial charge in [0, 0.05) is 32.1 Å². The number of rotatable bonds is 17. The van der Waals surface area contributed by atoms with Crippen LogP contribution in [0.1, 0.15) is 46.6 Å². The molecule has 3 aromatic rings. The van der Waals surface area contributed by atoms with Gasteiger partial charge in [0.2, 0.25) is 0 Å². The molecule has 2 N–H and O–H groups in total. The maximum Gasteiger partial charge on any atom is 0.0205 e. The van der Waals surface area contributed by atoms with Gasteiger partial charge in [-0.2, -0.15) is 0 Å². The summed E-state index contributed by atoms with van der Waals surface area (Å²) in [5.41, 5.74) is 7.06. The van der Waals surface area contributed by atoms with E-state index < -0.39 is 0 Å². The first-order valence-electron chi connectivity index (χ1n) is 13.9. The Balaban J connectivity index is 1.56. The highest BCUT2D eigenvalue weighted by molar-refractivity contribution is 6.33. The molecule has 0 aliphatic rings. The summed E-state index contributed by atoms with van der Waals surface area (Å²) in [4.78, 5) is 0. The normalized spacial score (nSPS) is 12.7. The Kier molecular flexibility index (Phi) is 13.1. The van der Waals surface area contributed by atoms with Crippen molar-refractivity contribution in [2.45, 2.75) is 69.9 Å². The van der Waals surface area contributed by atoms with Crippen LogP contribution in [0, 0.1) is 0 Å². The summed E-state index contributed by atoms with van der Waals surface area (Å²) >= 11 is 0. The van der Waals surface area contributed by atoms with Gasteiger partial charge >= 0.3 is 0 Å². The van der Waals surface area contributed by atoms with Gasteiger partial charge < -0.3 is 10.6 Å². The van der Waals surface area contributed by atoms with E-state index in [1.54, 1.807) is 0 Å². The Morgan fingerprint density at radius 2 is 1.00 bits per heavy atom. The zero-order valence-electron chi connectivity index (χ0n) is 22.1. The molecule has 0 saturated carbocycles. The summed E-state index contributed by atoms with van der Waals surface area (Å²) < 4.78 is 0. The Bertz CT molecular complexity index is 867. The predicted octanol–water partition coefficient (Wildman–Crippen LogP) is 5.49. The second-order valence-corrected chi connectivity index (χ2v) is 13.3. The van der Waals surface area contributed by atoms with Gasteiger partial charge in [0.05, 0.1) is 0 Å². The molecule has 0 bridgehead atoms. The molecule has 35 heavy (non-hydrogen) atoms. The van der Waals surface area contributed by atoms with E-state index in [1.165, 1.54) is 52.7 Å². The van der Waals surface area contributed by atoms with Crippen molar-refractivity contribution in [1.82, 2.24) is 10.6 Å². The summed E-state index contributed by atoms with van der Waals surface area (Å²) in [6, 6.07) is 32.5. The molecule has 0 atom stereocenters. The monoisotopic (exact) mass is 502 g/mol. The number of hydrogen-bond acceptors (Lipinski definition) is 2. The molecule has 0 radical (unpaired) electrons. The molecule has 0 spiro atoms. The van der Waals surface area contributed by atoms with Crippen LogP contribution in [-0.2, 0) is 25.9 Å². The molecule has 0 saturated heterocycles. The lowest BCUT2D eigenvalue weighted by atomic mass is 9.86.